The Balaban J connectivity index is 2.26. The maximum absolute atomic E-state index is 13.2. The molecule has 0 radical (unpaired) electrons. The van der Waals surface area contributed by atoms with E-state index < -0.39 is 17.9 Å². The van der Waals surface area contributed by atoms with Crippen LogP contribution in [-0.2, 0) is 6.18 Å². The van der Waals surface area contributed by atoms with Crippen molar-refractivity contribution in [2.75, 3.05) is 0 Å². The van der Waals surface area contributed by atoms with Gasteiger partial charge in [0.2, 0.25) is 5.82 Å². The Morgan fingerprint density at radius 2 is 1.61 bits per heavy atom. The molecule has 0 unspecified atom stereocenters. The van der Waals surface area contributed by atoms with Crippen molar-refractivity contribution >= 4 is 40.1 Å². The average Bonchev–Trinajstić information content (AvgIpc) is 2.86. The molecule has 23 heavy (non-hydrogen) atoms. The van der Waals surface area contributed by atoms with E-state index in [1.807, 2.05) is 0 Å². The van der Waals surface area contributed by atoms with E-state index in [0.29, 0.717) is 9.59 Å². The molecule has 1 aromatic heterocycles. The number of hydrogen-bond acceptors (Lipinski definition) is 2. The summed E-state index contributed by atoms with van der Waals surface area (Å²) in [5, 5.41) is 0.606. The predicted molar refractivity (Wildman–Crippen MR) is 80.9 cm³/mol. The van der Waals surface area contributed by atoms with Crippen molar-refractivity contribution in [1.82, 2.24) is 9.55 Å². The van der Waals surface area contributed by atoms with Crippen LogP contribution in [0.1, 0.15) is 16.2 Å². The molecular formula is C15H7Cl2F3N2O. The summed E-state index contributed by atoms with van der Waals surface area (Å²) in [5.41, 5.74) is 0.0861. The van der Waals surface area contributed by atoms with Gasteiger partial charge in [-0.3, -0.25) is 9.36 Å². The molecule has 0 atom stereocenters. The number of nitrogens with zero attached hydrogens (tertiary/aromatic N) is 2. The zero-order chi connectivity index (χ0) is 16.8. The SMILES string of the molecule is O=C(c1ccc(Cl)cc1)n1c(C(F)(F)F)nc2cc(Cl)ccc21. The van der Waals surface area contributed by atoms with Gasteiger partial charge < -0.3 is 0 Å². The van der Waals surface area contributed by atoms with Gasteiger partial charge >= 0.3 is 6.18 Å². The van der Waals surface area contributed by atoms with E-state index in [4.69, 9.17) is 23.2 Å². The molecule has 3 aromatic rings. The van der Waals surface area contributed by atoms with Gasteiger partial charge in [0, 0.05) is 15.6 Å². The Kier molecular flexibility index (Phi) is 3.82. The molecule has 118 valence electrons. The molecule has 0 saturated heterocycles. The van der Waals surface area contributed by atoms with Gasteiger partial charge in [-0.25, -0.2) is 4.98 Å². The maximum atomic E-state index is 13.2. The number of benzene rings is 2. The first-order chi connectivity index (χ1) is 10.8. The standard InChI is InChI=1S/C15H7Cl2F3N2O/c16-9-3-1-8(2-4-9)13(23)22-12-6-5-10(17)7-11(12)21-14(22)15(18,19)20/h1-7H. The fourth-order valence-electron chi connectivity index (χ4n) is 2.17. The van der Waals surface area contributed by atoms with Crippen molar-refractivity contribution in [3.8, 4) is 0 Å². The van der Waals surface area contributed by atoms with Gasteiger partial charge in [0.05, 0.1) is 11.0 Å². The van der Waals surface area contributed by atoms with E-state index >= 15 is 0 Å². The zero-order valence-corrected chi connectivity index (χ0v) is 12.7. The van der Waals surface area contributed by atoms with Crippen LogP contribution in [0.4, 0.5) is 13.2 Å². The van der Waals surface area contributed by atoms with E-state index in [-0.39, 0.29) is 21.6 Å². The molecule has 0 fully saturated rings. The summed E-state index contributed by atoms with van der Waals surface area (Å²) in [6.45, 7) is 0. The maximum Gasteiger partial charge on any atom is 0.450 e. The van der Waals surface area contributed by atoms with Crippen LogP contribution in [-0.4, -0.2) is 15.5 Å². The minimum absolute atomic E-state index is 0.00728. The highest BCUT2D eigenvalue weighted by Crippen LogP contribution is 2.33. The summed E-state index contributed by atoms with van der Waals surface area (Å²) >= 11 is 11.5. The molecule has 0 bridgehead atoms. The molecule has 3 nitrogen and oxygen atoms in total. The van der Waals surface area contributed by atoms with E-state index in [1.54, 1.807) is 0 Å². The van der Waals surface area contributed by atoms with E-state index in [1.165, 1.54) is 42.5 Å². The van der Waals surface area contributed by atoms with Gasteiger partial charge in [0.1, 0.15) is 0 Å². The minimum atomic E-state index is -4.78. The van der Waals surface area contributed by atoms with Gasteiger partial charge in [-0.15, -0.1) is 0 Å². The number of carbonyl (C=O) groups excluding carboxylic acids is 1. The summed E-state index contributed by atoms with van der Waals surface area (Å²) in [6.07, 6.45) is -4.78. The molecule has 1 heterocycles. The fraction of sp³-hybridized carbons (Fsp3) is 0.0667. The first-order valence-corrected chi connectivity index (χ1v) is 7.08. The molecule has 3 rings (SSSR count). The largest absolute Gasteiger partial charge is 0.450 e. The number of rotatable bonds is 1. The molecule has 0 amide bonds. The van der Waals surface area contributed by atoms with Crippen LogP contribution in [0.25, 0.3) is 11.0 Å². The van der Waals surface area contributed by atoms with E-state index in [9.17, 15) is 18.0 Å². The van der Waals surface area contributed by atoms with Crippen molar-refractivity contribution < 1.29 is 18.0 Å². The molecular weight excluding hydrogens is 352 g/mol. The monoisotopic (exact) mass is 358 g/mol. The van der Waals surface area contributed by atoms with Crippen molar-refractivity contribution in [1.29, 1.82) is 0 Å². The lowest BCUT2D eigenvalue weighted by molar-refractivity contribution is -0.145. The zero-order valence-electron chi connectivity index (χ0n) is 11.2. The third kappa shape index (κ3) is 2.92. The third-order valence-electron chi connectivity index (χ3n) is 3.16. The second kappa shape index (κ2) is 5.54. The lowest BCUT2D eigenvalue weighted by atomic mass is 10.2. The highest BCUT2D eigenvalue weighted by atomic mass is 35.5. The van der Waals surface area contributed by atoms with Crippen LogP contribution in [0.3, 0.4) is 0 Å². The normalized spacial score (nSPS) is 11.9. The Labute approximate surface area is 138 Å². The van der Waals surface area contributed by atoms with Crippen LogP contribution in [0.2, 0.25) is 10.0 Å². The average molecular weight is 359 g/mol. The summed E-state index contributed by atoms with van der Waals surface area (Å²) in [5.74, 6) is -2.14. The molecule has 0 aliphatic rings. The van der Waals surface area contributed by atoms with E-state index in [0.717, 1.165) is 0 Å². The van der Waals surface area contributed by atoms with Crippen LogP contribution in [0, 0.1) is 0 Å². The third-order valence-corrected chi connectivity index (χ3v) is 3.65. The highest BCUT2D eigenvalue weighted by molar-refractivity contribution is 6.31. The number of halogens is 5. The first-order valence-electron chi connectivity index (χ1n) is 6.33. The molecule has 0 N–H and O–H groups in total. The molecule has 0 spiro atoms. The highest BCUT2D eigenvalue weighted by Gasteiger charge is 2.39. The number of fused-ring (bicyclic) bond motifs is 1. The number of alkyl halides is 3. The Morgan fingerprint density at radius 3 is 2.22 bits per heavy atom. The van der Waals surface area contributed by atoms with Crippen LogP contribution < -0.4 is 0 Å². The molecule has 0 aliphatic carbocycles. The van der Waals surface area contributed by atoms with Gasteiger partial charge in [0.25, 0.3) is 5.91 Å². The Morgan fingerprint density at radius 1 is 1.00 bits per heavy atom. The summed E-state index contributed by atoms with van der Waals surface area (Å²) in [7, 11) is 0. The second-order valence-electron chi connectivity index (χ2n) is 4.71. The van der Waals surface area contributed by atoms with Gasteiger partial charge in [-0.1, -0.05) is 23.2 Å². The number of aromatic nitrogens is 2. The summed E-state index contributed by atoms with van der Waals surface area (Å²) < 4.78 is 40.2. The van der Waals surface area contributed by atoms with Crippen molar-refractivity contribution in [3.05, 3.63) is 63.9 Å². The molecule has 2 aromatic carbocycles. The van der Waals surface area contributed by atoms with Crippen molar-refractivity contribution in [2.45, 2.75) is 6.18 Å². The molecule has 0 aliphatic heterocycles. The quantitative estimate of drug-likeness (QED) is 0.609. The van der Waals surface area contributed by atoms with Gasteiger partial charge in [-0.2, -0.15) is 13.2 Å². The lowest BCUT2D eigenvalue weighted by Crippen LogP contribution is -2.21. The lowest BCUT2D eigenvalue weighted by Gasteiger charge is -2.10. The van der Waals surface area contributed by atoms with Gasteiger partial charge in [0.15, 0.2) is 0 Å². The van der Waals surface area contributed by atoms with Crippen LogP contribution >= 0.6 is 23.2 Å². The smallest absolute Gasteiger partial charge is 0.268 e. The molecule has 0 saturated carbocycles. The fourth-order valence-corrected chi connectivity index (χ4v) is 2.46. The summed E-state index contributed by atoms with van der Waals surface area (Å²) in [6, 6.07) is 9.57. The molecule has 8 heteroatoms. The number of carbonyl (C=O) groups is 1. The van der Waals surface area contributed by atoms with Gasteiger partial charge in [-0.05, 0) is 42.5 Å². The minimum Gasteiger partial charge on any atom is -0.268 e. The Hall–Kier alpha value is -2.05. The summed E-state index contributed by atoms with van der Waals surface area (Å²) in [4.78, 5) is 16.0. The van der Waals surface area contributed by atoms with Crippen molar-refractivity contribution in [2.24, 2.45) is 0 Å². The number of imidazole rings is 1. The van der Waals surface area contributed by atoms with Crippen LogP contribution in [0.15, 0.2) is 42.5 Å². The van der Waals surface area contributed by atoms with E-state index in [2.05, 4.69) is 4.98 Å². The number of hydrogen-bond donors (Lipinski definition) is 0. The topological polar surface area (TPSA) is 34.9 Å². The first kappa shape index (κ1) is 15.8. The second-order valence-corrected chi connectivity index (χ2v) is 5.59. The Bertz CT molecular complexity index is 901. The van der Waals surface area contributed by atoms with Crippen LogP contribution in [0.5, 0.6) is 0 Å². The predicted octanol–water partition coefficient (Wildman–Crippen LogP) is 5.05. The van der Waals surface area contributed by atoms with Crippen molar-refractivity contribution in [3.63, 3.8) is 0 Å².